The molecule has 1 aromatic carbocycles. The smallest absolute Gasteiger partial charge is 0.269 e. The maximum absolute atomic E-state index is 15.0. The number of carbonyl (C=O) groups is 2. The number of hydrogen-bond acceptors (Lipinski definition) is 7. The van der Waals surface area contributed by atoms with E-state index in [-0.39, 0.29) is 22.9 Å². The van der Waals surface area contributed by atoms with Crippen molar-refractivity contribution in [2.75, 3.05) is 0 Å². The van der Waals surface area contributed by atoms with Gasteiger partial charge in [-0.15, -0.1) is 0 Å². The lowest BCUT2D eigenvalue weighted by Crippen LogP contribution is -2.61. The lowest BCUT2D eigenvalue weighted by molar-refractivity contribution is -0.384. The normalized spacial score (nSPS) is 28.2. The largest absolute Gasteiger partial charge is 0.357 e. The SMILES string of the molecule is O=C(C=C1NC(Cc2ccncc2)(Cc2ccncc2)C(=O)N1C12CC3CC(CC(C3)C1)C2)c1ccc([N+](=O)[O-])cc1. The van der Waals surface area contributed by atoms with Crippen LogP contribution in [0.15, 0.2) is 85.2 Å². The molecule has 5 aliphatic rings. The second kappa shape index (κ2) is 10.2. The summed E-state index contributed by atoms with van der Waals surface area (Å²) >= 11 is 0. The van der Waals surface area contributed by atoms with Gasteiger partial charge in [0.25, 0.3) is 11.6 Å². The fourth-order valence-corrected chi connectivity index (χ4v) is 8.54. The molecular formula is C33H33N5O4. The zero-order valence-electron chi connectivity index (χ0n) is 23.3. The number of benzene rings is 1. The first kappa shape index (κ1) is 26.5. The Kier molecular flexibility index (Phi) is 6.40. The van der Waals surface area contributed by atoms with E-state index in [4.69, 9.17) is 0 Å². The number of aromatic nitrogens is 2. The number of nitrogens with zero attached hydrogens (tertiary/aromatic N) is 4. The lowest BCUT2D eigenvalue weighted by atomic mass is 9.52. The molecule has 0 radical (unpaired) electrons. The molecule has 2 aromatic heterocycles. The van der Waals surface area contributed by atoms with E-state index in [2.05, 4.69) is 15.3 Å². The molecule has 42 heavy (non-hydrogen) atoms. The van der Waals surface area contributed by atoms with Crippen LogP contribution in [0.1, 0.15) is 60.0 Å². The van der Waals surface area contributed by atoms with Gasteiger partial charge in [0, 0.05) is 61.4 Å². The highest BCUT2D eigenvalue weighted by molar-refractivity contribution is 6.06. The minimum atomic E-state index is -1.01. The number of allylic oxidation sites excluding steroid dienone is 1. The molecule has 5 fully saturated rings. The van der Waals surface area contributed by atoms with E-state index in [1.807, 2.05) is 29.2 Å². The summed E-state index contributed by atoms with van der Waals surface area (Å²) in [6, 6.07) is 13.4. The molecule has 0 spiro atoms. The molecule has 1 N–H and O–H groups in total. The summed E-state index contributed by atoms with van der Waals surface area (Å²) in [7, 11) is 0. The van der Waals surface area contributed by atoms with Crippen molar-refractivity contribution < 1.29 is 14.5 Å². The predicted molar refractivity (Wildman–Crippen MR) is 155 cm³/mol. The number of pyridine rings is 2. The summed E-state index contributed by atoms with van der Waals surface area (Å²) in [5.74, 6) is 2.05. The van der Waals surface area contributed by atoms with Crippen LogP contribution in [-0.2, 0) is 17.6 Å². The summed E-state index contributed by atoms with van der Waals surface area (Å²) in [6.45, 7) is 0. The van der Waals surface area contributed by atoms with Gasteiger partial charge in [-0.3, -0.25) is 34.6 Å². The van der Waals surface area contributed by atoms with Crippen LogP contribution in [0.4, 0.5) is 5.69 Å². The predicted octanol–water partition coefficient (Wildman–Crippen LogP) is 5.03. The van der Waals surface area contributed by atoms with Crippen molar-refractivity contribution >= 4 is 17.4 Å². The molecule has 0 unspecified atom stereocenters. The van der Waals surface area contributed by atoms with Crippen molar-refractivity contribution in [3.05, 3.63) is 112 Å². The fourth-order valence-electron chi connectivity index (χ4n) is 8.54. The molecular weight excluding hydrogens is 530 g/mol. The van der Waals surface area contributed by atoms with Crippen LogP contribution in [0.2, 0.25) is 0 Å². The molecule has 4 aliphatic carbocycles. The third kappa shape index (κ3) is 4.66. The molecule has 1 amide bonds. The zero-order chi connectivity index (χ0) is 28.9. The van der Waals surface area contributed by atoms with E-state index in [0.717, 1.165) is 30.4 Å². The Morgan fingerprint density at radius 3 is 1.86 bits per heavy atom. The standard InChI is InChI=1S/C33H33N5O4/c39-29(27-1-3-28(4-2-27)38(41)42)16-30-36-33(20-22-5-9-34-10-6-22,21-23-7-11-35-12-8-23)31(40)37(30)32-17-24-13-25(18-32)15-26(14-24)19-32/h1-12,16,24-26,36H,13-15,17-21H2. The number of carbonyl (C=O) groups excluding carboxylic acids is 2. The van der Waals surface area contributed by atoms with E-state index < -0.39 is 10.5 Å². The van der Waals surface area contributed by atoms with Gasteiger partial charge in [-0.25, -0.2) is 0 Å². The van der Waals surface area contributed by atoms with E-state index in [1.165, 1.54) is 43.5 Å². The van der Waals surface area contributed by atoms with Crippen molar-refractivity contribution in [2.45, 2.75) is 62.4 Å². The molecule has 4 bridgehead atoms. The number of rotatable bonds is 8. The van der Waals surface area contributed by atoms with E-state index in [9.17, 15) is 14.9 Å². The first-order valence-electron chi connectivity index (χ1n) is 14.7. The number of amides is 1. The molecule has 4 saturated carbocycles. The first-order valence-corrected chi connectivity index (χ1v) is 14.7. The van der Waals surface area contributed by atoms with Crippen molar-refractivity contribution in [2.24, 2.45) is 17.8 Å². The molecule has 214 valence electrons. The number of non-ortho nitro benzene ring substituents is 1. The van der Waals surface area contributed by atoms with Crippen molar-refractivity contribution in [1.29, 1.82) is 0 Å². The van der Waals surface area contributed by atoms with Gasteiger partial charge in [0.1, 0.15) is 11.4 Å². The zero-order valence-corrected chi connectivity index (χ0v) is 23.3. The molecule has 9 nitrogen and oxygen atoms in total. The van der Waals surface area contributed by atoms with Gasteiger partial charge in [-0.2, -0.15) is 0 Å². The van der Waals surface area contributed by atoms with Gasteiger partial charge in [0.05, 0.1) is 10.5 Å². The Labute approximate surface area is 244 Å². The second-order valence-corrected chi connectivity index (χ2v) is 12.8. The average Bonchev–Trinajstić information content (AvgIpc) is 3.23. The molecule has 1 saturated heterocycles. The number of nitro groups is 1. The van der Waals surface area contributed by atoms with Gasteiger partial charge in [0.2, 0.25) is 0 Å². The van der Waals surface area contributed by atoms with Gasteiger partial charge in [-0.1, -0.05) is 0 Å². The quantitative estimate of drug-likeness (QED) is 0.177. The Bertz CT molecular complexity index is 1480. The van der Waals surface area contributed by atoms with Crippen LogP contribution in [0.25, 0.3) is 0 Å². The van der Waals surface area contributed by atoms with E-state index in [0.29, 0.717) is 42.0 Å². The van der Waals surface area contributed by atoms with Gasteiger partial charge in [0.15, 0.2) is 5.78 Å². The highest BCUT2D eigenvalue weighted by atomic mass is 16.6. The summed E-state index contributed by atoms with van der Waals surface area (Å²) in [4.78, 5) is 49.7. The van der Waals surface area contributed by atoms with Crippen LogP contribution in [-0.4, -0.2) is 42.6 Å². The summed E-state index contributed by atoms with van der Waals surface area (Å²) in [5, 5.41) is 14.8. The topological polar surface area (TPSA) is 118 Å². The van der Waals surface area contributed by atoms with Crippen molar-refractivity contribution in [3.63, 3.8) is 0 Å². The average molecular weight is 564 g/mol. The van der Waals surface area contributed by atoms with E-state index >= 15 is 4.79 Å². The maximum atomic E-state index is 15.0. The summed E-state index contributed by atoms with van der Waals surface area (Å²) < 4.78 is 0. The van der Waals surface area contributed by atoms with Crippen LogP contribution in [0.5, 0.6) is 0 Å². The minimum absolute atomic E-state index is 0.000763. The van der Waals surface area contributed by atoms with Crippen LogP contribution in [0, 0.1) is 27.9 Å². The number of nitro benzene ring substituents is 1. The van der Waals surface area contributed by atoms with Crippen molar-refractivity contribution in [1.82, 2.24) is 20.2 Å². The Hall–Kier alpha value is -4.40. The molecule has 3 aromatic rings. The molecule has 9 heteroatoms. The first-order chi connectivity index (χ1) is 20.3. The molecule has 0 atom stereocenters. The van der Waals surface area contributed by atoms with E-state index in [1.54, 1.807) is 30.9 Å². The molecule has 1 aliphatic heterocycles. The van der Waals surface area contributed by atoms with Gasteiger partial charge < -0.3 is 5.32 Å². The van der Waals surface area contributed by atoms with Crippen molar-refractivity contribution in [3.8, 4) is 0 Å². The number of hydrogen-bond donors (Lipinski definition) is 1. The Morgan fingerprint density at radius 2 is 1.38 bits per heavy atom. The lowest BCUT2D eigenvalue weighted by Gasteiger charge is -2.59. The van der Waals surface area contributed by atoms with Crippen LogP contribution >= 0.6 is 0 Å². The third-order valence-electron chi connectivity index (χ3n) is 9.84. The van der Waals surface area contributed by atoms with Gasteiger partial charge >= 0.3 is 0 Å². The third-order valence-corrected chi connectivity index (χ3v) is 9.84. The second-order valence-electron chi connectivity index (χ2n) is 12.8. The Balaban J connectivity index is 1.33. The Morgan fingerprint density at radius 1 is 0.881 bits per heavy atom. The number of nitrogens with one attached hydrogen (secondary N) is 1. The number of ketones is 1. The minimum Gasteiger partial charge on any atom is -0.357 e. The molecule has 3 heterocycles. The van der Waals surface area contributed by atoms with Gasteiger partial charge in [-0.05, 0) is 104 Å². The maximum Gasteiger partial charge on any atom is 0.269 e. The highest BCUT2D eigenvalue weighted by Gasteiger charge is 2.61. The summed E-state index contributed by atoms with van der Waals surface area (Å²) in [6.07, 6.45) is 15.9. The summed E-state index contributed by atoms with van der Waals surface area (Å²) in [5.41, 5.74) is 0.902. The fraction of sp³-hybridized carbons (Fsp3) is 0.394. The molecule has 8 rings (SSSR count). The monoisotopic (exact) mass is 563 g/mol. The highest BCUT2D eigenvalue weighted by Crippen LogP contribution is 2.59. The van der Waals surface area contributed by atoms with Crippen LogP contribution in [0.3, 0.4) is 0 Å². The van der Waals surface area contributed by atoms with Crippen LogP contribution < -0.4 is 5.32 Å².